The molecule has 26 heavy (non-hydrogen) atoms. The zero-order chi connectivity index (χ0) is 18.2. The number of nitrogens with one attached hydrogen (secondary N) is 3. The molecule has 0 radical (unpaired) electrons. The summed E-state index contributed by atoms with van der Waals surface area (Å²) >= 11 is 0. The molecular formula is C20H19N3O3. The maximum Gasteiger partial charge on any atom is 0.291 e. The van der Waals surface area contributed by atoms with Crippen LogP contribution in [-0.4, -0.2) is 18.4 Å². The molecule has 0 bridgehead atoms. The minimum Gasteiger partial charge on any atom is -0.459 e. The van der Waals surface area contributed by atoms with Crippen LogP contribution in [0.4, 0.5) is 11.4 Å². The molecule has 0 atom stereocenters. The van der Waals surface area contributed by atoms with Crippen LogP contribution in [-0.2, 0) is 11.3 Å². The lowest BCUT2D eigenvalue weighted by Crippen LogP contribution is -2.29. The second-order valence-corrected chi connectivity index (χ2v) is 5.63. The molecule has 3 aromatic rings. The predicted octanol–water partition coefficient (Wildman–Crippen LogP) is 3.26. The molecular weight excluding hydrogens is 330 g/mol. The molecule has 1 heterocycles. The Morgan fingerprint density at radius 3 is 2.46 bits per heavy atom. The van der Waals surface area contributed by atoms with Crippen molar-refractivity contribution in [2.24, 2.45) is 0 Å². The molecule has 3 rings (SSSR count). The number of carbonyl (C=O) groups excluding carboxylic acids is 2. The van der Waals surface area contributed by atoms with E-state index in [1.165, 1.54) is 6.26 Å². The van der Waals surface area contributed by atoms with Crippen molar-refractivity contribution in [2.45, 2.75) is 6.54 Å². The molecule has 3 N–H and O–H groups in total. The summed E-state index contributed by atoms with van der Waals surface area (Å²) in [6, 6.07) is 20.1. The third kappa shape index (κ3) is 4.98. The van der Waals surface area contributed by atoms with Gasteiger partial charge in [-0.15, -0.1) is 0 Å². The number of furan rings is 1. The maximum atomic E-state index is 12.0. The van der Waals surface area contributed by atoms with Gasteiger partial charge in [0.05, 0.1) is 12.8 Å². The molecule has 0 aliphatic heterocycles. The lowest BCUT2D eigenvalue weighted by Gasteiger charge is -2.10. The Kier molecular flexibility index (Phi) is 5.67. The second kappa shape index (κ2) is 8.53. The van der Waals surface area contributed by atoms with Gasteiger partial charge in [0.25, 0.3) is 5.91 Å². The summed E-state index contributed by atoms with van der Waals surface area (Å²) in [5.41, 5.74) is 2.39. The van der Waals surface area contributed by atoms with Gasteiger partial charge in [0.1, 0.15) is 0 Å². The summed E-state index contributed by atoms with van der Waals surface area (Å²) in [5, 5.41) is 8.64. The Labute approximate surface area is 151 Å². The number of hydrogen-bond acceptors (Lipinski definition) is 4. The standard InChI is InChI=1S/C20H19N3O3/c24-19(22-13-15-6-2-1-3-7-15)14-21-16-8-4-9-17(12-16)23-20(25)18-10-5-11-26-18/h1-12,21H,13-14H2,(H,22,24)(H,23,25). The van der Waals surface area contributed by atoms with Crippen LogP contribution in [0.5, 0.6) is 0 Å². The third-order valence-corrected chi connectivity index (χ3v) is 3.65. The van der Waals surface area contributed by atoms with Crippen LogP contribution in [0.2, 0.25) is 0 Å². The first-order chi connectivity index (χ1) is 12.7. The van der Waals surface area contributed by atoms with Gasteiger partial charge in [-0.25, -0.2) is 0 Å². The minimum absolute atomic E-state index is 0.112. The smallest absolute Gasteiger partial charge is 0.291 e. The van der Waals surface area contributed by atoms with Crippen LogP contribution in [0, 0.1) is 0 Å². The average molecular weight is 349 g/mol. The van der Waals surface area contributed by atoms with Gasteiger partial charge in [-0.1, -0.05) is 36.4 Å². The molecule has 0 spiro atoms. The number of hydrogen-bond donors (Lipinski definition) is 3. The van der Waals surface area contributed by atoms with Gasteiger partial charge in [-0.3, -0.25) is 9.59 Å². The first-order valence-electron chi connectivity index (χ1n) is 8.20. The van der Waals surface area contributed by atoms with E-state index in [1.807, 2.05) is 36.4 Å². The number of benzene rings is 2. The fraction of sp³-hybridized carbons (Fsp3) is 0.100. The SMILES string of the molecule is O=C(CNc1cccc(NC(=O)c2ccco2)c1)NCc1ccccc1. The Bertz CT molecular complexity index is 861. The molecule has 2 aromatic carbocycles. The van der Waals surface area contributed by atoms with E-state index in [0.29, 0.717) is 12.2 Å². The summed E-state index contributed by atoms with van der Waals surface area (Å²) in [6.45, 7) is 0.628. The highest BCUT2D eigenvalue weighted by Gasteiger charge is 2.09. The van der Waals surface area contributed by atoms with Gasteiger partial charge in [-0.05, 0) is 35.9 Å². The fourth-order valence-corrected chi connectivity index (χ4v) is 2.35. The Morgan fingerprint density at radius 1 is 0.885 bits per heavy atom. The molecule has 1 aromatic heterocycles. The topological polar surface area (TPSA) is 83.4 Å². The Hall–Kier alpha value is -3.54. The van der Waals surface area contributed by atoms with E-state index in [0.717, 1.165) is 11.3 Å². The first kappa shape index (κ1) is 17.3. The number of rotatable bonds is 7. The molecule has 0 saturated heterocycles. The lowest BCUT2D eigenvalue weighted by atomic mass is 10.2. The number of amides is 2. The summed E-state index contributed by atoms with van der Waals surface area (Å²) in [6.07, 6.45) is 1.45. The number of anilines is 2. The molecule has 6 heteroatoms. The Morgan fingerprint density at radius 2 is 1.69 bits per heavy atom. The van der Waals surface area contributed by atoms with E-state index in [-0.39, 0.29) is 24.1 Å². The summed E-state index contributed by atoms with van der Waals surface area (Å²) < 4.78 is 5.06. The van der Waals surface area contributed by atoms with Crippen molar-refractivity contribution in [2.75, 3.05) is 17.2 Å². The maximum absolute atomic E-state index is 12.0. The Balaban J connectivity index is 1.49. The molecule has 0 fully saturated rings. The van der Waals surface area contributed by atoms with E-state index in [2.05, 4.69) is 16.0 Å². The predicted molar refractivity (Wildman–Crippen MR) is 99.9 cm³/mol. The quantitative estimate of drug-likeness (QED) is 0.611. The molecule has 2 amide bonds. The van der Waals surface area contributed by atoms with Crippen molar-refractivity contribution in [1.82, 2.24) is 5.32 Å². The van der Waals surface area contributed by atoms with Gasteiger partial charge in [0, 0.05) is 17.9 Å². The van der Waals surface area contributed by atoms with Crippen molar-refractivity contribution in [3.63, 3.8) is 0 Å². The van der Waals surface area contributed by atoms with E-state index in [4.69, 9.17) is 4.42 Å². The molecule has 132 valence electrons. The summed E-state index contributed by atoms with van der Waals surface area (Å²) in [5.74, 6) is -0.199. The molecule has 0 aliphatic rings. The van der Waals surface area contributed by atoms with Crippen LogP contribution >= 0.6 is 0 Å². The van der Waals surface area contributed by atoms with E-state index in [1.54, 1.807) is 30.3 Å². The van der Waals surface area contributed by atoms with Crippen LogP contribution < -0.4 is 16.0 Å². The van der Waals surface area contributed by atoms with Gasteiger partial charge in [0.2, 0.25) is 5.91 Å². The van der Waals surface area contributed by atoms with Crippen molar-refractivity contribution < 1.29 is 14.0 Å². The molecule has 0 saturated carbocycles. The van der Waals surface area contributed by atoms with Crippen molar-refractivity contribution >= 4 is 23.2 Å². The van der Waals surface area contributed by atoms with Gasteiger partial charge in [-0.2, -0.15) is 0 Å². The van der Waals surface area contributed by atoms with E-state index < -0.39 is 0 Å². The third-order valence-electron chi connectivity index (χ3n) is 3.65. The van der Waals surface area contributed by atoms with Crippen molar-refractivity contribution in [3.05, 3.63) is 84.3 Å². The van der Waals surface area contributed by atoms with Gasteiger partial charge < -0.3 is 20.4 Å². The monoisotopic (exact) mass is 349 g/mol. The summed E-state index contributed by atoms with van der Waals surface area (Å²) in [7, 11) is 0. The highest BCUT2D eigenvalue weighted by molar-refractivity contribution is 6.02. The van der Waals surface area contributed by atoms with Crippen molar-refractivity contribution in [3.8, 4) is 0 Å². The number of carbonyl (C=O) groups is 2. The zero-order valence-corrected chi connectivity index (χ0v) is 14.1. The van der Waals surface area contributed by atoms with Gasteiger partial charge >= 0.3 is 0 Å². The minimum atomic E-state index is -0.326. The molecule has 0 aliphatic carbocycles. The largest absolute Gasteiger partial charge is 0.459 e. The van der Waals surface area contributed by atoms with Crippen LogP contribution in [0.3, 0.4) is 0 Å². The van der Waals surface area contributed by atoms with Crippen LogP contribution in [0.25, 0.3) is 0 Å². The van der Waals surface area contributed by atoms with E-state index >= 15 is 0 Å². The zero-order valence-electron chi connectivity index (χ0n) is 14.1. The van der Waals surface area contributed by atoms with Crippen molar-refractivity contribution in [1.29, 1.82) is 0 Å². The lowest BCUT2D eigenvalue weighted by molar-refractivity contribution is -0.119. The molecule has 6 nitrogen and oxygen atoms in total. The van der Waals surface area contributed by atoms with Gasteiger partial charge in [0.15, 0.2) is 5.76 Å². The highest BCUT2D eigenvalue weighted by Crippen LogP contribution is 2.16. The normalized spacial score (nSPS) is 10.2. The molecule has 0 unspecified atom stereocenters. The summed E-state index contributed by atoms with van der Waals surface area (Å²) in [4.78, 5) is 23.9. The van der Waals surface area contributed by atoms with Crippen LogP contribution in [0.1, 0.15) is 16.1 Å². The van der Waals surface area contributed by atoms with Crippen LogP contribution in [0.15, 0.2) is 77.4 Å². The first-order valence-corrected chi connectivity index (χ1v) is 8.20. The average Bonchev–Trinajstić information content (AvgIpc) is 3.21. The second-order valence-electron chi connectivity index (χ2n) is 5.63. The van der Waals surface area contributed by atoms with E-state index in [9.17, 15) is 9.59 Å². The highest BCUT2D eigenvalue weighted by atomic mass is 16.3. The fourth-order valence-electron chi connectivity index (χ4n) is 2.35.